The van der Waals surface area contributed by atoms with Gasteiger partial charge in [0, 0.05) is 6.26 Å². The highest BCUT2D eigenvalue weighted by Gasteiger charge is 1.96. The summed E-state index contributed by atoms with van der Waals surface area (Å²) in [6.07, 6.45) is 1.09. The summed E-state index contributed by atoms with van der Waals surface area (Å²) in [5.41, 5.74) is 0. The molecule has 0 radical (unpaired) electrons. The van der Waals surface area contributed by atoms with Gasteiger partial charge < -0.3 is 5.11 Å². The van der Waals surface area contributed by atoms with E-state index in [9.17, 15) is 8.42 Å². The van der Waals surface area contributed by atoms with Crippen molar-refractivity contribution in [3.05, 3.63) is 0 Å². The Morgan fingerprint density at radius 2 is 1.88 bits per heavy atom. The predicted molar refractivity (Wildman–Crippen MR) is 33.5 cm³/mol. The molecule has 3 nitrogen and oxygen atoms in total. The summed E-state index contributed by atoms with van der Waals surface area (Å²) < 4.78 is 20.1. The summed E-state index contributed by atoms with van der Waals surface area (Å²) in [6, 6.07) is 0. The monoisotopic (exact) mass is 140 g/mol. The van der Waals surface area contributed by atoms with E-state index in [0.717, 1.165) is 6.26 Å². The number of sulfone groups is 1. The third-order valence-corrected chi connectivity index (χ3v) is 1.39. The van der Waals surface area contributed by atoms with Crippen molar-refractivity contribution >= 4 is 9.84 Å². The van der Waals surface area contributed by atoms with Crippen LogP contribution in [0.2, 0.25) is 0 Å². The van der Waals surface area contributed by atoms with Gasteiger partial charge in [-0.25, -0.2) is 8.42 Å². The van der Waals surface area contributed by atoms with E-state index in [4.69, 9.17) is 5.11 Å². The Bertz CT molecular complexity index is 124. The molecule has 0 atom stereocenters. The van der Waals surface area contributed by atoms with Crippen LogP contribution in [-0.2, 0) is 9.84 Å². The fourth-order valence-corrected chi connectivity index (χ4v) is 0.497. The normalized spacial score (nSPS) is 10.2. The average molecular weight is 140 g/mol. The highest BCUT2D eigenvalue weighted by Crippen LogP contribution is 1.76. The lowest BCUT2D eigenvalue weighted by atomic mass is 10.9. The fourth-order valence-electron chi connectivity index (χ4n) is 0.166. The van der Waals surface area contributed by atoms with E-state index in [1.54, 1.807) is 0 Å². The second-order valence-corrected chi connectivity index (χ2v) is 3.61. The van der Waals surface area contributed by atoms with E-state index >= 15 is 0 Å². The second-order valence-electron chi connectivity index (χ2n) is 1.35. The van der Waals surface area contributed by atoms with E-state index in [0.29, 0.717) is 0 Å². The standard InChI is InChI=1S/C3H8O3S.CH4/c1-7(5,6)3-2-4;/h4H,2-3H2,1H3;1H4. The molecule has 0 unspecified atom stereocenters. The molecule has 0 aromatic heterocycles. The highest BCUT2D eigenvalue weighted by atomic mass is 32.2. The average Bonchev–Trinajstić information content (AvgIpc) is 1.30. The van der Waals surface area contributed by atoms with Crippen LogP contribution in [0.4, 0.5) is 0 Å². The van der Waals surface area contributed by atoms with Gasteiger partial charge in [0.15, 0.2) is 0 Å². The Kier molecular flexibility index (Phi) is 5.21. The maximum absolute atomic E-state index is 10.1. The van der Waals surface area contributed by atoms with Crippen molar-refractivity contribution in [2.75, 3.05) is 18.6 Å². The molecule has 0 heterocycles. The van der Waals surface area contributed by atoms with Gasteiger partial charge in [0.2, 0.25) is 0 Å². The lowest BCUT2D eigenvalue weighted by Gasteiger charge is -1.87. The SMILES string of the molecule is C.CS(=O)(=O)CCO. The van der Waals surface area contributed by atoms with Crippen LogP contribution < -0.4 is 0 Å². The molecule has 4 heteroatoms. The van der Waals surface area contributed by atoms with Crippen LogP contribution in [-0.4, -0.2) is 32.1 Å². The highest BCUT2D eigenvalue weighted by molar-refractivity contribution is 7.90. The van der Waals surface area contributed by atoms with Crippen molar-refractivity contribution in [3.63, 3.8) is 0 Å². The number of hydrogen-bond acceptors (Lipinski definition) is 3. The van der Waals surface area contributed by atoms with Crippen LogP contribution in [0.25, 0.3) is 0 Å². The van der Waals surface area contributed by atoms with E-state index in [1.807, 2.05) is 0 Å². The van der Waals surface area contributed by atoms with Crippen LogP contribution in [0.1, 0.15) is 7.43 Å². The van der Waals surface area contributed by atoms with Crippen LogP contribution in [0.3, 0.4) is 0 Å². The molecular formula is C4H12O3S. The third kappa shape index (κ3) is 9.32. The van der Waals surface area contributed by atoms with Gasteiger partial charge in [0.1, 0.15) is 9.84 Å². The first kappa shape index (κ1) is 10.8. The maximum Gasteiger partial charge on any atom is 0.149 e. The van der Waals surface area contributed by atoms with Crippen LogP contribution >= 0.6 is 0 Å². The zero-order valence-corrected chi connectivity index (χ0v) is 4.90. The molecule has 0 spiro atoms. The Balaban J connectivity index is 0. The van der Waals surface area contributed by atoms with Gasteiger partial charge in [-0.15, -0.1) is 0 Å². The van der Waals surface area contributed by atoms with E-state index in [2.05, 4.69) is 0 Å². The summed E-state index contributed by atoms with van der Waals surface area (Å²) in [6.45, 7) is -0.279. The minimum atomic E-state index is -2.92. The van der Waals surface area contributed by atoms with Crippen molar-refractivity contribution in [3.8, 4) is 0 Å². The lowest BCUT2D eigenvalue weighted by molar-refractivity contribution is 0.320. The van der Waals surface area contributed by atoms with Crippen molar-refractivity contribution in [1.29, 1.82) is 0 Å². The molecule has 0 aliphatic rings. The van der Waals surface area contributed by atoms with Gasteiger partial charge in [-0.05, 0) is 0 Å². The Hall–Kier alpha value is -0.0900. The number of aliphatic hydroxyl groups is 1. The van der Waals surface area contributed by atoms with Gasteiger partial charge in [-0.2, -0.15) is 0 Å². The molecule has 0 amide bonds. The van der Waals surface area contributed by atoms with Crippen molar-refractivity contribution in [2.24, 2.45) is 0 Å². The number of hydrogen-bond donors (Lipinski definition) is 1. The van der Waals surface area contributed by atoms with Crippen LogP contribution in [0.15, 0.2) is 0 Å². The van der Waals surface area contributed by atoms with E-state index in [-0.39, 0.29) is 19.8 Å². The first-order chi connectivity index (χ1) is 3.06. The molecule has 1 N–H and O–H groups in total. The van der Waals surface area contributed by atoms with Crippen molar-refractivity contribution in [1.82, 2.24) is 0 Å². The first-order valence-electron chi connectivity index (χ1n) is 1.85. The summed E-state index contributed by atoms with van der Waals surface area (Å²) in [4.78, 5) is 0. The molecule has 52 valence electrons. The fraction of sp³-hybridized carbons (Fsp3) is 1.00. The topological polar surface area (TPSA) is 54.4 Å². The maximum atomic E-state index is 10.1. The molecule has 8 heavy (non-hydrogen) atoms. The Morgan fingerprint density at radius 1 is 1.50 bits per heavy atom. The lowest BCUT2D eigenvalue weighted by Crippen LogP contribution is -2.05. The molecule has 0 aromatic carbocycles. The van der Waals surface area contributed by atoms with E-state index < -0.39 is 9.84 Å². The van der Waals surface area contributed by atoms with Gasteiger partial charge in [-0.1, -0.05) is 7.43 Å². The smallest absolute Gasteiger partial charge is 0.149 e. The largest absolute Gasteiger partial charge is 0.395 e. The van der Waals surface area contributed by atoms with E-state index in [1.165, 1.54) is 0 Å². The Morgan fingerprint density at radius 3 is 1.88 bits per heavy atom. The predicted octanol–water partition coefficient (Wildman–Crippen LogP) is -0.341. The molecule has 0 bridgehead atoms. The number of rotatable bonds is 2. The second kappa shape index (κ2) is 3.86. The molecule has 0 aliphatic carbocycles. The summed E-state index contributed by atoms with van der Waals surface area (Å²) in [5, 5.41) is 8.02. The van der Waals surface area contributed by atoms with Gasteiger partial charge in [-0.3, -0.25) is 0 Å². The first-order valence-corrected chi connectivity index (χ1v) is 3.91. The van der Waals surface area contributed by atoms with Crippen molar-refractivity contribution < 1.29 is 13.5 Å². The van der Waals surface area contributed by atoms with Crippen molar-refractivity contribution in [2.45, 2.75) is 7.43 Å². The van der Waals surface area contributed by atoms with Crippen LogP contribution in [0.5, 0.6) is 0 Å². The Labute approximate surface area is 50.3 Å². The van der Waals surface area contributed by atoms with Crippen LogP contribution in [0, 0.1) is 0 Å². The molecular weight excluding hydrogens is 128 g/mol. The zero-order chi connectivity index (χ0) is 5.91. The quantitative estimate of drug-likeness (QED) is 0.571. The summed E-state index contributed by atoms with van der Waals surface area (Å²) >= 11 is 0. The van der Waals surface area contributed by atoms with Gasteiger partial charge >= 0.3 is 0 Å². The summed E-state index contributed by atoms with van der Waals surface area (Å²) in [7, 11) is -2.92. The molecule has 0 aromatic rings. The molecule has 0 fully saturated rings. The summed E-state index contributed by atoms with van der Waals surface area (Å²) in [5.74, 6) is -0.132. The number of aliphatic hydroxyl groups excluding tert-OH is 1. The molecule has 0 saturated carbocycles. The third-order valence-electron chi connectivity index (χ3n) is 0.462. The van der Waals surface area contributed by atoms with Gasteiger partial charge in [0.05, 0.1) is 12.4 Å². The van der Waals surface area contributed by atoms with Gasteiger partial charge in [0.25, 0.3) is 0 Å². The molecule has 0 aliphatic heterocycles. The molecule has 0 rings (SSSR count). The minimum Gasteiger partial charge on any atom is -0.395 e. The minimum absolute atomic E-state index is 0. The molecule has 0 saturated heterocycles. The zero-order valence-electron chi connectivity index (χ0n) is 4.09.